The van der Waals surface area contributed by atoms with Crippen LogP contribution in [-0.4, -0.2) is 46.6 Å². The molecule has 2 N–H and O–H groups in total. The van der Waals surface area contributed by atoms with E-state index in [4.69, 9.17) is 35.3 Å². The van der Waals surface area contributed by atoms with Gasteiger partial charge >= 0.3 is 54.4 Å². The van der Waals surface area contributed by atoms with Crippen LogP contribution in [0.3, 0.4) is 0 Å². The van der Waals surface area contributed by atoms with Crippen molar-refractivity contribution in [2.24, 2.45) is 0 Å². The Morgan fingerprint density at radius 2 is 1.18 bits per heavy atom. The molecule has 0 aromatic heterocycles. The zero-order valence-corrected chi connectivity index (χ0v) is 10.4. The largest absolute Gasteiger partial charge is 4.00 e. The molecule has 0 aliphatic carbocycles. The van der Waals surface area contributed by atoms with Gasteiger partial charge in [-0.15, -0.1) is 0 Å². The van der Waals surface area contributed by atoms with Crippen LogP contribution in [0.15, 0.2) is 0 Å². The minimum atomic E-state index is -5.39. The van der Waals surface area contributed by atoms with E-state index in [1.165, 1.54) is 0 Å². The van der Waals surface area contributed by atoms with Crippen LogP contribution in [0.25, 0.3) is 0 Å². The maximum atomic E-state index is 8.83. The van der Waals surface area contributed by atoms with E-state index in [-0.39, 0.29) is 23.9 Å². The van der Waals surface area contributed by atoms with E-state index < -0.39 is 22.3 Å². The molecule has 0 spiro atoms. The van der Waals surface area contributed by atoms with Crippen molar-refractivity contribution in [1.29, 1.82) is 0 Å². The van der Waals surface area contributed by atoms with E-state index >= 15 is 0 Å². The predicted octanol–water partition coefficient (Wildman–Crippen LogP) is -6.01. The fourth-order valence-electron chi connectivity index (χ4n) is 0. The van der Waals surface area contributed by atoms with Crippen molar-refractivity contribution in [2.45, 2.75) is 0 Å². The molecule has 0 aromatic rings. The summed E-state index contributed by atoms with van der Waals surface area (Å²) in [7, 11) is -5.39. The second-order valence-corrected chi connectivity index (χ2v) is 3.89. The number of hydrogen-bond donors (Lipinski definition) is 2. The Morgan fingerprint density at radius 1 is 1.18 bits per heavy atom. The molecule has 0 saturated carbocycles. The van der Waals surface area contributed by atoms with Gasteiger partial charge in [-0.1, -0.05) is 0 Å². The molecule has 0 saturated heterocycles. The Bertz CT molecular complexity index is 126. The summed E-state index contributed by atoms with van der Waals surface area (Å²) in [6.45, 7) is 0. The topological polar surface area (TPSA) is 167 Å². The van der Waals surface area contributed by atoms with Crippen molar-refractivity contribution in [3.05, 3.63) is 0 Å². The van der Waals surface area contributed by atoms with Crippen molar-refractivity contribution < 1.29 is 35.3 Å². The van der Waals surface area contributed by atoms with E-state index in [0.29, 0.717) is 0 Å². The summed E-state index contributed by atoms with van der Waals surface area (Å²) in [5.74, 6) is 0. The summed E-state index contributed by atoms with van der Waals surface area (Å²) < 4.78 is 40.5. The van der Waals surface area contributed by atoms with Crippen molar-refractivity contribution in [3.8, 4) is 0 Å². The van der Waals surface area contributed by atoms with Gasteiger partial charge < -0.3 is 19.2 Å². The zero-order chi connectivity index (χ0) is 9.00. The summed E-state index contributed by atoms with van der Waals surface area (Å²) >= 11 is -5.38. The first kappa shape index (κ1) is 18.0. The fourth-order valence-corrected chi connectivity index (χ4v) is 0. The molecule has 11 heteroatoms. The molecule has 0 aliphatic rings. The van der Waals surface area contributed by atoms with Gasteiger partial charge in [0.2, 0.25) is 0 Å². The molecule has 8 nitrogen and oxygen atoms in total. The molecular weight excluding hydrogens is 353 g/mol. The maximum Gasteiger partial charge on any atom is 4.00 e. The van der Waals surface area contributed by atoms with Crippen LogP contribution in [0.1, 0.15) is 0 Å². The van der Waals surface area contributed by atoms with Gasteiger partial charge in [0.1, 0.15) is 0 Å². The molecule has 0 unspecified atom stereocenters. The second-order valence-electron chi connectivity index (χ2n) is 0.938. The van der Waals surface area contributed by atoms with E-state index in [2.05, 4.69) is 0 Å². The first-order chi connectivity index (χ1) is 4.00. The minimum Gasteiger partial charge on any atom is 4.00 e. The quantitative estimate of drug-likeness (QED) is 0.320. The molecule has 11 heavy (non-hydrogen) atoms. The average Bonchev–Trinajstić information content (AvgIpc) is 1.12. The molecule has 0 bridgehead atoms. The summed E-state index contributed by atoms with van der Waals surface area (Å²) in [5.41, 5.74) is 0. The maximum absolute atomic E-state index is 8.83. The van der Waals surface area contributed by atoms with Crippen LogP contribution in [-0.2, 0) is 8.30 Å². The van der Waals surface area contributed by atoms with Gasteiger partial charge in [-0.2, -0.15) is 7.82 Å². The molecule has 0 atom stereocenters. The normalized spacial score (nSPS) is 10.7. The van der Waals surface area contributed by atoms with Gasteiger partial charge in [0, 0.05) is 0 Å². The van der Waals surface area contributed by atoms with E-state index in [1.807, 2.05) is 0 Å². The van der Waals surface area contributed by atoms with E-state index in [1.54, 1.807) is 0 Å². The van der Waals surface area contributed by atoms with Gasteiger partial charge in [0.05, 0.1) is 0 Å². The Morgan fingerprint density at radius 3 is 1.18 bits per heavy atom. The Kier molecular flexibility index (Phi) is 10.9. The van der Waals surface area contributed by atoms with Gasteiger partial charge in [-0.05, 0) is 0 Å². The standard InChI is InChI=1S/AsH3O4.H3O4P.Sn/c2-1(3,4)5;1-5(2,3)4;/h(H3,2,3,4,5);(H3,1,2,3,4);/q;;+4/p-4. The van der Waals surface area contributed by atoms with Crippen LogP contribution in [0.4, 0.5) is 0 Å². The van der Waals surface area contributed by atoms with Gasteiger partial charge in [-0.25, -0.2) is 0 Å². The van der Waals surface area contributed by atoms with Crippen molar-refractivity contribution in [1.82, 2.24) is 0 Å². The number of hydrogen-bond acceptors (Lipinski definition) is 6. The minimum absolute atomic E-state index is 0. The molecule has 0 fully saturated rings. The molecule has 0 heterocycles. The van der Waals surface area contributed by atoms with Crippen LogP contribution < -0.4 is 18.8 Å². The molecule has 0 rings (SSSR count). The molecular formula is H2AsO8PSn. The number of rotatable bonds is 0. The fraction of sp³-hybridized carbons (Fsp3) is 0. The van der Waals surface area contributed by atoms with Crippen LogP contribution in [0, 0.1) is 0 Å². The second kappa shape index (κ2) is 6.64. The SMILES string of the molecule is O=P([O-])([O-])[O-].O=[As]([O-])(O)O.[Sn+4]. The van der Waals surface area contributed by atoms with Crippen molar-refractivity contribution >= 4 is 46.2 Å². The summed E-state index contributed by atoms with van der Waals surface area (Å²) in [5, 5.41) is 0. The number of phosphoric acid groups is 1. The first-order valence-electron chi connectivity index (χ1n) is 1.50. The summed E-state index contributed by atoms with van der Waals surface area (Å²) in [6, 6.07) is 0. The molecule has 0 amide bonds. The van der Waals surface area contributed by atoms with Crippen molar-refractivity contribution in [2.75, 3.05) is 0 Å². The molecule has 64 valence electrons. The molecule has 0 aromatic carbocycles. The summed E-state index contributed by atoms with van der Waals surface area (Å²) in [6.07, 6.45) is 0. The van der Waals surface area contributed by atoms with Crippen LogP contribution >= 0.6 is 7.82 Å². The Balaban J connectivity index is -0.000000107. The van der Waals surface area contributed by atoms with Gasteiger partial charge in [0.25, 0.3) is 0 Å². The smallest absolute Gasteiger partial charge is 4.00 e. The van der Waals surface area contributed by atoms with Gasteiger partial charge in [-0.3, -0.25) is 0 Å². The molecule has 0 aliphatic heterocycles. The third kappa shape index (κ3) is 709. The predicted molar refractivity (Wildman–Crippen MR) is 24.2 cm³/mol. The van der Waals surface area contributed by atoms with Crippen LogP contribution in [0.2, 0.25) is 0 Å². The zero-order valence-electron chi connectivity index (χ0n) is 4.74. The third-order valence-corrected chi connectivity index (χ3v) is 0. The Labute approximate surface area is 81.4 Å². The van der Waals surface area contributed by atoms with Crippen molar-refractivity contribution in [3.63, 3.8) is 0 Å². The third-order valence-electron chi connectivity index (χ3n) is 0. The average molecular weight is 355 g/mol. The molecule has 0 radical (unpaired) electrons. The first-order valence-corrected chi connectivity index (χ1v) is 6.17. The van der Waals surface area contributed by atoms with Gasteiger partial charge in [0.15, 0.2) is 0 Å². The van der Waals surface area contributed by atoms with E-state index in [9.17, 15) is 0 Å². The Hall–Kier alpha value is 1.15. The monoisotopic (exact) mass is 356 g/mol. The van der Waals surface area contributed by atoms with E-state index in [0.717, 1.165) is 0 Å². The van der Waals surface area contributed by atoms with Crippen LogP contribution in [0.5, 0.6) is 0 Å². The summed E-state index contributed by atoms with van der Waals surface area (Å²) in [4.78, 5) is 25.6.